The predicted octanol–water partition coefficient (Wildman–Crippen LogP) is 3.14. The number of hydrogen-bond donors (Lipinski definition) is 0. The monoisotopic (exact) mass is 319 g/mol. The Morgan fingerprint density at radius 3 is 2.91 bits per heavy atom. The first-order valence-electron chi connectivity index (χ1n) is 7.68. The minimum Gasteiger partial charge on any atom is -0.496 e. The van der Waals surface area contributed by atoms with Gasteiger partial charge in [-0.2, -0.15) is 0 Å². The average Bonchev–Trinajstić information content (AvgIpc) is 2.60. The van der Waals surface area contributed by atoms with Crippen LogP contribution >= 0.6 is 0 Å². The molecule has 1 aromatic carbocycles. The van der Waals surface area contributed by atoms with Crippen molar-refractivity contribution in [2.24, 2.45) is 0 Å². The first kappa shape index (κ1) is 15.8. The van der Waals surface area contributed by atoms with Gasteiger partial charge in [0.25, 0.3) is 0 Å². The first-order chi connectivity index (χ1) is 11.2. The van der Waals surface area contributed by atoms with Crippen LogP contribution in [0.25, 0.3) is 0 Å². The average molecular weight is 319 g/mol. The third-order valence-electron chi connectivity index (χ3n) is 4.28. The number of halogens is 2. The molecule has 1 fully saturated rings. The van der Waals surface area contributed by atoms with Crippen LogP contribution in [0, 0.1) is 11.6 Å². The highest BCUT2D eigenvalue weighted by Gasteiger charge is 2.25. The summed E-state index contributed by atoms with van der Waals surface area (Å²) < 4.78 is 32.8. The number of rotatable bonds is 4. The van der Waals surface area contributed by atoms with Crippen LogP contribution in [0.1, 0.15) is 30.0 Å². The number of hydrogen-bond acceptors (Lipinski definition) is 4. The Morgan fingerprint density at radius 1 is 1.30 bits per heavy atom. The van der Waals surface area contributed by atoms with Crippen LogP contribution in [0.3, 0.4) is 0 Å². The van der Waals surface area contributed by atoms with E-state index in [-0.39, 0.29) is 11.5 Å². The number of ether oxygens (including phenoxy) is 1. The molecule has 1 aromatic heterocycles. The van der Waals surface area contributed by atoms with Gasteiger partial charge in [-0.1, -0.05) is 0 Å². The van der Waals surface area contributed by atoms with Gasteiger partial charge in [0, 0.05) is 36.5 Å². The number of nitrogens with zero attached hydrogens (tertiary/aromatic N) is 3. The highest BCUT2D eigenvalue weighted by molar-refractivity contribution is 5.35. The van der Waals surface area contributed by atoms with Crippen LogP contribution < -0.4 is 4.74 Å². The molecule has 2 aromatic rings. The standard InChI is InChI=1S/C17H19F2N3O/c1-23-16-5-4-14(18)17(19)13(16)10-22-8-2-3-12(9-22)15-6-7-20-11-21-15/h4-7,11-12H,2-3,8-10H2,1H3. The quantitative estimate of drug-likeness (QED) is 0.868. The Bertz CT molecular complexity index is 666. The summed E-state index contributed by atoms with van der Waals surface area (Å²) in [4.78, 5) is 10.4. The molecule has 122 valence electrons. The summed E-state index contributed by atoms with van der Waals surface area (Å²) >= 11 is 0. The molecule has 3 rings (SSSR count). The normalized spacial score (nSPS) is 18.8. The van der Waals surface area contributed by atoms with Crippen molar-refractivity contribution < 1.29 is 13.5 Å². The van der Waals surface area contributed by atoms with Gasteiger partial charge in [0.15, 0.2) is 11.6 Å². The predicted molar refractivity (Wildman–Crippen MR) is 82.2 cm³/mol. The van der Waals surface area contributed by atoms with E-state index in [9.17, 15) is 8.78 Å². The number of piperidine rings is 1. The molecule has 0 radical (unpaired) electrons. The van der Waals surface area contributed by atoms with E-state index in [0.29, 0.717) is 12.3 Å². The number of likely N-dealkylation sites (tertiary alicyclic amines) is 1. The Labute approximate surface area is 134 Å². The van der Waals surface area contributed by atoms with E-state index < -0.39 is 11.6 Å². The zero-order valence-electron chi connectivity index (χ0n) is 13.0. The highest BCUT2D eigenvalue weighted by Crippen LogP contribution is 2.29. The molecule has 2 heterocycles. The molecular weight excluding hydrogens is 300 g/mol. The summed E-state index contributed by atoms with van der Waals surface area (Å²) in [7, 11) is 1.47. The third-order valence-corrected chi connectivity index (χ3v) is 4.28. The Balaban J connectivity index is 1.77. The van der Waals surface area contributed by atoms with Gasteiger partial charge in [-0.25, -0.2) is 18.7 Å². The first-order valence-corrected chi connectivity index (χ1v) is 7.68. The second-order valence-electron chi connectivity index (χ2n) is 5.75. The molecule has 23 heavy (non-hydrogen) atoms. The third kappa shape index (κ3) is 3.47. The molecule has 0 aliphatic carbocycles. The second kappa shape index (κ2) is 7.00. The fourth-order valence-electron chi connectivity index (χ4n) is 3.12. The molecule has 1 saturated heterocycles. The molecule has 1 aliphatic rings. The molecule has 0 saturated carbocycles. The summed E-state index contributed by atoms with van der Waals surface area (Å²) in [5.74, 6) is -0.999. The Hall–Kier alpha value is -2.08. The van der Waals surface area contributed by atoms with Crippen LogP contribution in [0.2, 0.25) is 0 Å². The van der Waals surface area contributed by atoms with Crippen LogP contribution in [-0.2, 0) is 6.54 Å². The SMILES string of the molecule is COc1ccc(F)c(F)c1CN1CCCC(c2ccncn2)C1. The molecule has 1 aliphatic heterocycles. The smallest absolute Gasteiger partial charge is 0.167 e. The molecule has 0 amide bonds. The van der Waals surface area contributed by atoms with Crippen molar-refractivity contribution >= 4 is 0 Å². The van der Waals surface area contributed by atoms with E-state index >= 15 is 0 Å². The number of methoxy groups -OCH3 is 1. The van der Waals surface area contributed by atoms with Crippen molar-refractivity contribution in [1.82, 2.24) is 14.9 Å². The van der Waals surface area contributed by atoms with Crippen LogP contribution in [0.5, 0.6) is 5.75 Å². The summed E-state index contributed by atoms with van der Waals surface area (Å²) in [6.45, 7) is 1.94. The lowest BCUT2D eigenvalue weighted by Crippen LogP contribution is -2.34. The van der Waals surface area contributed by atoms with Gasteiger partial charge < -0.3 is 4.74 Å². The van der Waals surface area contributed by atoms with Gasteiger partial charge in [-0.3, -0.25) is 4.90 Å². The zero-order chi connectivity index (χ0) is 16.2. The van der Waals surface area contributed by atoms with Crippen molar-refractivity contribution in [3.63, 3.8) is 0 Å². The minimum absolute atomic E-state index is 0.274. The van der Waals surface area contributed by atoms with Gasteiger partial charge >= 0.3 is 0 Å². The Morgan fingerprint density at radius 2 is 2.17 bits per heavy atom. The van der Waals surface area contributed by atoms with E-state index in [2.05, 4.69) is 14.9 Å². The van der Waals surface area contributed by atoms with Crippen molar-refractivity contribution in [3.8, 4) is 5.75 Å². The van der Waals surface area contributed by atoms with Gasteiger partial charge in [-0.05, 0) is 37.6 Å². The lowest BCUT2D eigenvalue weighted by atomic mass is 9.94. The molecule has 4 nitrogen and oxygen atoms in total. The maximum absolute atomic E-state index is 14.1. The zero-order valence-corrected chi connectivity index (χ0v) is 13.0. The van der Waals surface area contributed by atoms with E-state index in [0.717, 1.165) is 37.7 Å². The maximum atomic E-state index is 14.1. The summed E-state index contributed by atoms with van der Waals surface area (Å²) in [6, 6.07) is 4.48. The molecule has 0 N–H and O–H groups in total. The summed E-state index contributed by atoms with van der Waals surface area (Å²) in [5.41, 5.74) is 1.27. The van der Waals surface area contributed by atoms with E-state index in [4.69, 9.17) is 4.74 Å². The fourth-order valence-corrected chi connectivity index (χ4v) is 3.12. The molecule has 0 spiro atoms. The summed E-state index contributed by atoms with van der Waals surface area (Å²) in [6.07, 6.45) is 5.31. The maximum Gasteiger partial charge on any atom is 0.167 e. The molecule has 6 heteroatoms. The van der Waals surface area contributed by atoms with Crippen LogP contribution in [-0.4, -0.2) is 35.1 Å². The topological polar surface area (TPSA) is 38.2 Å². The summed E-state index contributed by atoms with van der Waals surface area (Å²) in [5, 5.41) is 0. The minimum atomic E-state index is -0.842. The van der Waals surface area contributed by atoms with Crippen molar-refractivity contribution in [2.45, 2.75) is 25.3 Å². The number of aromatic nitrogens is 2. The van der Waals surface area contributed by atoms with Crippen molar-refractivity contribution in [1.29, 1.82) is 0 Å². The molecule has 0 bridgehead atoms. The van der Waals surface area contributed by atoms with E-state index in [1.165, 1.54) is 13.2 Å². The van der Waals surface area contributed by atoms with Crippen LogP contribution in [0.15, 0.2) is 30.7 Å². The van der Waals surface area contributed by atoms with E-state index in [1.807, 2.05) is 6.07 Å². The molecule has 1 unspecified atom stereocenters. The highest BCUT2D eigenvalue weighted by atomic mass is 19.2. The molecular formula is C17H19F2N3O. The van der Waals surface area contributed by atoms with Gasteiger partial charge in [0.1, 0.15) is 12.1 Å². The van der Waals surface area contributed by atoms with Gasteiger partial charge in [0.05, 0.1) is 7.11 Å². The van der Waals surface area contributed by atoms with E-state index in [1.54, 1.807) is 12.5 Å². The lowest BCUT2D eigenvalue weighted by molar-refractivity contribution is 0.193. The van der Waals surface area contributed by atoms with Crippen LogP contribution in [0.4, 0.5) is 8.78 Å². The lowest BCUT2D eigenvalue weighted by Gasteiger charge is -2.32. The largest absolute Gasteiger partial charge is 0.496 e. The number of benzene rings is 1. The van der Waals surface area contributed by atoms with Gasteiger partial charge in [-0.15, -0.1) is 0 Å². The Kier molecular flexibility index (Phi) is 4.81. The van der Waals surface area contributed by atoms with Crippen molar-refractivity contribution in [3.05, 3.63) is 53.6 Å². The van der Waals surface area contributed by atoms with Crippen molar-refractivity contribution in [2.75, 3.05) is 20.2 Å². The fraction of sp³-hybridized carbons (Fsp3) is 0.412. The molecule has 1 atom stereocenters. The van der Waals surface area contributed by atoms with Gasteiger partial charge in [0.2, 0.25) is 0 Å². The second-order valence-corrected chi connectivity index (χ2v) is 5.75.